The summed E-state index contributed by atoms with van der Waals surface area (Å²) in [5.74, 6) is -0.930. The van der Waals surface area contributed by atoms with Gasteiger partial charge in [-0.15, -0.1) is 0 Å². The van der Waals surface area contributed by atoms with Gasteiger partial charge in [-0.1, -0.05) is 12.1 Å². The van der Waals surface area contributed by atoms with Gasteiger partial charge < -0.3 is 9.47 Å². The Balaban J connectivity index is 2.08. The molecule has 0 fully saturated rings. The molecule has 6 nitrogen and oxygen atoms in total. The lowest BCUT2D eigenvalue weighted by atomic mass is 10.1. The molecule has 0 amide bonds. The van der Waals surface area contributed by atoms with Gasteiger partial charge in [0, 0.05) is 10.8 Å². The Morgan fingerprint density at radius 3 is 1.67 bits per heavy atom. The lowest BCUT2D eigenvalue weighted by Gasteiger charge is -2.06. The smallest absolute Gasteiger partial charge is 0.356 e. The third-order valence-corrected chi connectivity index (χ3v) is 3.47. The number of aromatic nitrogens is 2. The molecule has 0 bridgehead atoms. The zero-order valence-electron chi connectivity index (χ0n) is 13.4. The SMILES string of the molecule is CCOC(=O)c1ccc2cc3ccc(C(=O)OCC)nc3cc2n1. The summed E-state index contributed by atoms with van der Waals surface area (Å²) < 4.78 is 9.93. The summed E-state index contributed by atoms with van der Waals surface area (Å²) in [7, 11) is 0. The van der Waals surface area contributed by atoms with Crippen molar-refractivity contribution >= 4 is 33.7 Å². The van der Waals surface area contributed by atoms with Gasteiger partial charge in [0.15, 0.2) is 0 Å². The van der Waals surface area contributed by atoms with Gasteiger partial charge in [0.2, 0.25) is 0 Å². The number of ether oxygens (including phenoxy) is 2. The molecule has 0 aliphatic rings. The molecule has 0 saturated carbocycles. The molecule has 122 valence electrons. The first-order valence-corrected chi connectivity index (χ1v) is 7.68. The second-order valence-electron chi connectivity index (χ2n) is 5.07. The highest BCUT2D eigenvalue weighted by atomic mass is 16.5. The largest absolute Gasteiger partial charge is 0.461 e. The van der Waals surface area contributed by atoms with Crippen molar-refractivity contribution in [2.24, 2.45) is 0 Å². The van der Waals surface area contributed by atoms with E-state index >= 15 is 0 Å². The van der Waals surface area contributed by atoms with E-state index in [0.717, 1.165) is 10.8 Å². The Kier molecular flexibility index (Phi) is 4.37. The predicted octanol–water partition coefficient (Wildman–Crippen LogP) is 3.14. The van der Waals surface area contributed by atoms with Gasteiger partial charge in [0.25, 0.3) is 0 Å². The minimum Gasteiger partial charge on any atom is -0.461 e. The Hall–Kier alpha value is -3.02. The number of hydrogen-bond acceptors (Lipinski definition) is 6. The molecule has 0 atom stereocenters. The summed E-state index contributed by atoms with van der Waals surface area (Å²) >= 11 is 0. The molecule has 0 radical (unpaired) electrons. The topological polar surface area (TPSA) is 78.4 Å². The van der Waals surface area contributed by atoms with Crippen molar-refractivity contribution in [3.05, 3.63) is 47.8 Å². The Morgan fingerprint density at radius 2 is 1.25 bits per heavy atom. The quantitative estimate of drug-likeness (QED) is 0.542. The number of carbonyl (C=O) groups excluding carboxylic acids is 2. The number of carbonyl (C=O) groups is 2. The molecule has 1 aromatic carbocycles. The van der Waals surface area contributed by atoms with Gasteiger partial charge in [-0.05, 0) is 38.1 Å². The van der Waals surface area contributed by atoms with E-state index < -0.39 is 11.9 Å². The standard InChI is InChI=1S/C18H16N2O4/c1-3-23-17(21)13-7-5-11-9-12-6-8-14(18(22)24-4-2)20-16(12)10-15(11)19-13/h5-10H,3-4H2,1-2H3. The normalized spacial score (nSPS) is 10.8. The maximum Gasteiger partial charge on any atom is 0.356 e. The van der Waals surface area contributed by atoms with Crippen molar-refractivity contribution in [1.29, 1.82) is 0 Å². The summed E-state index contributed by atoms with van der Waals surface area (Å²) in [5, 5.41) is 1.75. The average Bonchev–Trinajstić information content (AvgIpc) is 2.59. The van der Waals surface area contributed by atoms with Crippen LogP contribution < -0.4 is 0 Å². The third kappa shape index (κ3) is 3.03. The maximum atomic E-state index is 11.8. The average molecular weight is 324 g/mol. The Labute approximate surface area is 138 Å². The van der Waals surface area contributed by atoms with Crippen molar-refractivity contribution in [2.45, 2.75) is 13.8 Å². The van der Waals surface area contributed by atoms with E-state index in [1.165, 1.54) is 0 Å². The molecule has 3 aromatic rings. The first kappa shape index (κ1) is 15.9. The number of fused-ring (bicyclic) bond motifs is 2. The van der Waals surface area contributed by atoms with Crippen LogP contribution in [0.5, 0.6) is 0 Å². The van der Waals surface area contributed by atoms with Crippen molar-refractivity contribution in [3.8, 4) is 0 Å². The molecule has 0 saturated heterocycles. The molecule has 2 aromatic heterocycles. The second kappa shape index (κ2) is 6.62. The van der Waals surface area contributed by atoms with Gasteiger partial charge >= 0.3 is 11.9 Å². The fraction of sp³-hybridized carbons (Fsp3) is 0.222. The van der Waals surface area contributed by atoms with E-state index in [-0.39, 0.29) is 11.4 Å². The van der Waals surface area contributed by atoms with Crippen LogP contribution in [0.1, 0.15) is 34.8 Å². The number of benzene rings is 1. The summed E-state index contributed by atoms with van der Waals surface area (Å²) in [6.07, 6.45) is 0. The van der Waals surface area contributed by atoms with Crippen LogP contribution in [0.3, 0.4) is 0 Å². The molecule has 0 unspecified atom stereocenters. The van der Waals surface area contributed by atoms with Crippen LogP contribution >= 0.6 is 0 Å². The highest BCUT2D eigenvalue weighted by Gasteiger charge is 2.12. The third-order valence-electron chi connectivity index (χ3n) is 3.47. The number of nitrogens with zero attached hydrogens (tertiary/aromatic N) is 2. The van der Waals surface area contributed by atoms with Gasteiger partial charge in [-0.3, -0.25) is 0 Å². The minimum absolute atomic E-state index is 0.241. The van der Waals surface area contributed by atoms with E-state index in [2.05, 4.69) is 9.97 Å². The summed E-state index contributed by atoms with van der Waals surface area (Å²) in [4.78, 5) is 32.3. The molecule has 0 aliphatic carbocycles. The number of esters is 2. The lowest BCUT2D eigenvalue weighted by Crippen LogP contribution is -2.07. The molecular formula is C18H16N2O4. The number of rotatable bonds is 4. The summed E-state index contributed by atoms with van der Waals surface area (Å²) in [6.45, 7) is 4.07. The molecule has 6 heteroatoms. The van der Waals surface area contributed by atoms with Crippen molar-refractivity contribution in [3.63, 3.8) is 0 Å². The zero-order chi connectivity index (χ0) is 17.1. The van der Waals surface area contributed by atoms with E-state index in [9.17, 15) is 9.59 Å². The number of hydrogen-bond donors (Lipinski definition) is 0. The van der Waals surface area contributed by atoms with Crippen LogP contribution in [0, 0.1) is 0 Å². The van der Waals surface area contributed by atoms with E-state index in [4.69, 9.17) is 9.47 Å². The first-order chi connectivity index (χ1) is 11.6. The van der Waals surface area contributed by atoms with Gasteiger partial charge in [0.1, 0.15) is 11.4 Å². The van der Waals surface area contributed by atoms with Crippen molar-refractivity contribution in [1.82, 2.24) is 9.97 Å². The van der Waals surface area contributed by atoms with Crippen LogP contribution in [0.4, 0.5) is 0 Å². The van der Waals surface area contributed by atoms with E-state index in [0.29, 0.717) is 24.2 Å². The molecule has 0 N–H and O–H groups in total. The highest BCUT2D eigenvalue weighted by Crippen LogP contribution is 2.21. The summed E-state index contributed by atoms with van der Waals surface area (Å²) in [6, 6.07) is 10.5. The minimum atomic E-state index is -0.465. The molecule has 0 spiro atoms. The first-order valence-electron chi connectivity index (χ1n) is 7.68. The van der Waals surface area contributed by atoms with Crippen LogP contribution in [-0.2, 0) is 9.47 Å². The molecule has 0 aliphatic heterocycles. The van der Waals surface area contributed by atoms with Crippen molar-refractivity contribution < 1.29 is 19.1 Å². The molecule has 2 heterocycles. The van der Waals surface area contributed by atoms with Gasteiger partial charge in [-0.25, -0.2) is 19.6 Å². The van der Waals surface area contributed by atoms with E-state index in [1.807, 2.05) is 18.2 Å². The zero-order valence-corrected chi connectivity index (χ0v) is 13.4. The van der Waals surface area contributed by atoms with Crippen molar-refractivity contribution in [2.75, 3.05) is 13.2 Å². The lowest BCUT2D eigenvalue weighted by molar-refractivity contribution is 0.0510. The van der Waals surface area contributed by atoms with Gasteiger partial charge in [-0.2, -0.15) is 0 Å². The monoisotopic (exact) mass is 324 g/mol. The molecular weight excluding hydrogens is 308 g/mol. The fourth-order valence-electron chi connectivity index (χ4n) is 2.38. The van der Waals surface area contributed by atoms with Crippen LogP contribution in [0.15, 0.2) is 36.4 Å². The van der Waals surface area contributed by atoms with Gasteiger partial charge in [0.05, 0.1) is 24.2 Å². The van der Waals surface area contributed by atoms with Crippen LogP contribution in [0.2, 0.25) is 0 Å². The van der Waals surface area contributed by atoms with Crippen LogP contribution in [0.25, 0.3) is 21.8 Å². The molecule has 3 rings (SSSR count). The Morgan fingerprint density at radius 1 is 0.792 bits per heavy atom. The molecule has 24 heavy (non-hydrogen) atoms. The maximum absolute atomic E-state index is 11.8. The summed E-state index contributed by atoms with van der Waals surface area (Å²) in [5.41, 5.74) is 1.71. The second-order valence-corrected chi connectivity index (χ2v) is 5.07. The predicted molar refractivity (Wildman–Crippen MR) is 89.0 cm³/mol. The fourth-order valence-corrected chi connectivity index (χ4v) is 2.38. The number of pyridine rings is 2. The highest BCUT2D eigenvalue weighted by molar-refractivity contribution is 5.98. The van der Waals surface area contributed by atoms with E-state index in [1.54, 1.807) is 32.0 Å². The Bertz CT molecular complexity index is 864. The van der Waals surface area contributed by atoms with Crippen LogP contribution in [-0.4, -0.2) is 35.1 Å².